The maximum Gasteiger partial charge on any atom is 0.417 e. The smallest absolute Gasteiger partial charge is 0.351 e. The van der Waals surface area contributed by atoms with Crippen LogP contribution in [0.5, 0.6) is 0 Å². The molecule has 1 saturated heterocycles. The normalized spacial score (nSPS) is 20.9. The summed E-state index contributed by atoms with van der Waals surface area (Å²) >= 11 is 12.0. The molecular formula is C13H15Cl2F3N2. The lowest BCUT2D eigenvalue weighted by molar-refractivity contribution is -0.137. The fraction of sp³-hybridized carbons (Fsp3) is 0.615. The van der Waals surface area contributed by atoms with Gasteiger partial charge in [0.15, 0.2) is 0 Å². The van der Waals surface area contributed by atoms with Crippen molar-refractivity contribution < 1.29 is 13.2 Å². The molecule has 1 aromatic rings. The maximum absolute atomic E-state index is 12.6. The lowest BCUT2D eigenvalue weighted by Gasteiger charge is -2.30. The average Bonchev–Trinajstić information content (AvgIpc) is 2.62. The number of hydrogen-bond donors (Lipinski definition) is 0. The first-order chi connectivity index (χ1) is 9.43. The van der Waals surface area contributed by atoms with E-state index in [-0.39, 0.29) is 11.1 Å². The Balaban J connectivity index is 2.31. The number of aromatic nitrogens is 1. The number of hydrogen-bond acceptors (Lipinski definition) is 2. The van der Waals surface area contributed by atoms with Crippen LogP contribution in [0.15, 0.2) is 12.3 Å². The molecule has 0 saturated carbocycles. The quantitative estimate of drug-likeness (QED) is 0.729. The minimum Gasteiger partial charge on any atom is -0.351 e. The van der Waals surface area contributed by atoms with E-state index in [0.717, 1.165) is 44.5 Å². The van der Waals surface area contributed by atoms with Crippen LogP contribution in [-0.2, 0) is 6.18 Å². The van der Waals surface area contributed by atoms with E-state index in [4.69, 9.17) is 23.2 Å². The monoisotopic (exact) mass is 326 g/mol. The molecule has 1 fully saturated rings. The van der Waals surface area contributed by atoms with Crippen molar-refractivity contribution in [1.82, 2.24) is 4.98 Å². The van der Waals surface area contributed by atoms with E-state index in [1.807, 2.05) is 4.90 Å². The molecule has 1 unspecified atom stereocenters. The summed E-state index contributed by atoms with van der Waals surface area (Å²) in [6.45, 7) is 0.718. The Morgan fingerprint density at radius 1 is 1.30 bits per heavy atom. The molecule has 1 aromatic heterocycles. The van der Waals surface area contributed by atoms with Crippen molar-refractivity contribution in [3.63, 3.8) is 0 Å². The number of halogens is 5. The zero-order chi connectivity index (χ0) is 14.8. The van der Waals surface area contributed by atoms with Crippen molar-refractivity contribution in [1.29, 1.82) is 0 Å². The molecule has 0 aliphatic carbocycles. The molecule has 0 N–H and O–H groups in total. The highest BCUT2D eigenvalue weighted by Gasteiger charge is 2.32. The topological polar surface area (TPSA) is 16.1 Å². The van der Waals surface area contributed by atoms with E-state index in [9.17, 15) is 13.2 Å². The van der Waals surface area contributed by atoms with Crippen molar-refractivity contribution in [2.45, 2.75) is 37.9 Å². The molecule has 1 aliphatic rings. The van der Waals surface area contributed by atoms with Gasteiger partial charge in [-0.25, -0.2) is 4.98 Å². The largest absolute Gasteiger partial charge is 0.417 e. The summed E-state index contributed by atoms with van der Waals surface area (Å²) in [5, 5.41) is 0.0249. The van der Waals surface area contributed by atoms with E-state index in [1.54, 1.807) is 0 Å². The standard InChI is InChI=1S/C13H15Cl2F3N2/c14-7-10-4-2-1-3-5-20(10)12-11(15)6-9(8-19-12)13(16,17)18/h6,8,10H,1-5,7H2. The zero-order valence-corrected chi connectivity index (χ0v) is 12.3. The Morgan fingerprint density at radius 2 is 2.05 bits per heavy atom. The molecule has 20 heavy (non-hydrogen) atoms. The van der Waals surface area contributed by atoms with Crippen molar-refractivity contribution in [2.24, 2.45) is 0 Å². The lowest BCUT2D eigenvalue weighted by atomic mass is 10.1. The SMILES string of the molecule is FC(F)(F)c1cnc(N2CCCCCC2CCl)c(Cl)c1. The molecule has 0 spiro atoms. The minimum atomic E-state index is -4.43. The maximum atomic E-state index is 12.6. The minimum absolute atomic E-state index is 0.0249. The van der Waals surface area contributed by atoms with Crippen LogP contribution in [0.25, 0.3) is 0 Å². The van der Waals surface area contributed by atoms with Crippen molar-refractivity contribution >= 4 is 29.0 Å². The summed E-state index contributed by atoms with van der Waals surface area (Å²) in [6, 6.07) is 1.00. The summed E-state index contributed by atoms with van der Waals surface area (Å²) in [6.07, 6.45) is 0.417. The van der Waals surface area contributed by atoms with Crippen molar-refractivity contribution in [2.75, 3.05) is 17.3 Å². The second kappa shape index (κ2) is 6.39. The van der Waals surface area contributed by atoms with Gasteiger partial charge < -0.3 is 4.90 Å². The Bertz CT molecular complexity index is 465. The van der Waals surface area contributed by atoms with E-state index in [0.29, 0.717) is 11.7 Å². The number of alkyl halides is 4. The van der Waals surface area contributed by atoms with Gasteiger partial charge in [0.1, 0.15) is 5.82 Å². The van der Waals surface area contributed by atoms with E-state index < -0.39 is 11.7 Å². The molecule has 2 nitrogen and oxygen atoms in total. The van der Waals surface area contributed by atoms with Crippen LogP contribution >= 0.6 is 23.2 Å². The highest BCUT2D eigenvalue weighted by atomic mass is 35.5. The van der Waals surface area contributed by atoms with E-state index in [1.165, 1.54) is 0 Å². The molecule has 112 valence electrons. The van der Waals surface area contributed by atoms with Gasteiger partial charge in [-0.15, -0.1) is 11.6 Å². The highest BCUT2D eigenvalue weighted by molar-refractivity contribution is 6.33. The fourth-order valence-electron chi connectivity index (χ4n) is 2.41. The number of pyridine rings is 1. The van der Waals surface area contributed by atoms with Crippen molar-refractivity contribution in [3.8, 4) is 0 Å². The Morgan fingerprint density at radius 3 is 2.65 bits per heavy atom. The molecule has 7 heteroatoms. The average molecular weight is 327 g/mol. The second-order valence-electron chi connectivity index (χ2n) is 4.88. The number of nitrogens with zero attached hydrogens (tertiary/aromatic N) is 2. The summed E-state index contributed by atoms with van der Waals surface area (Å²) in [5.41, 5.74) is -0.830. The Hall–Kier alpha value is -0.680. The van der Waals surface area contributed by atoms with Gasteiger partial charge in [0.2, 0.25) is 0 Å². The molecule has 2 heterocycles. The van der Waals surface area contributed by atoms with Crippen LogP contribution in [0.1, 0.15) is 31.2 Å². The van der Waals surface area contributed by atoms with Gasteiger partial charge >= 0.3 is 6.18 Å². The van der Waals surface area contributed by atoms with Crippen molar-refractivity contribution in [3.05, 3.63) is 22.8 Å². The summed E-state index contributed by atoms with van der Waals surface area (Å²) < 4.78 is 37.8. The number of anilines is 1. The first-order valence-corrected chi connectivity index (χ1v) is 7.40. The van der Waals surface area contributed by atoms with Gasteiger partial charge in [0, 0.05) is 24.7 Å². The summed E-state index contributed by atoms with van der Waals surface area (Å²) in [5.74, 6) is 0.811. The van der Waals surface area contributed by atoms with Gasteiger partial charge in [-0.05, 0) is 18.9 Å². The molecule has 1 aliphatic heterocycles. The van der Waals surface area contributed by atoms with Crippen LogP contribution in [0.4, 0.5) is 19.0 Å². The van der Waals surface area contributed by atoms with Crippen LogP contribution in [0.2, 0.25) is 5.02 Å². The Labute approximate surface area is 125 Å². The zero-order valence-electron chi connectivity index (χ0n) is 10.8. The van der Waals surface area contributed by atoms with Crippen LogP contribution in [0, 0.1) is 0 Å². The van der Waals surface area contributed by atoms with E-state index in [2.05, 4.69) is 4.98 Å². The summed E-state index contributed by atoms with van der Waals surface area (Å²) in [4.78, 5) is 5.86. The van der Waals surface area contributed by atoms with Crippen LogP contribution in [0.3, 0.4) is 0 Å². The Kier molecular flexibility index (Phi) is 5.02. The molecule has 0 amide bonds. The van der Waals surface area contributed by atoms with E-state index >= 15 is 0 Å². The molecular weight excluding hydrogens is 312 g/mol. The fourth-order valence-corrected chi connectivity index (χ4v) is 3.01. The third-order valence-corrected chi connectivity index (χ3v) is 4.11. The molecule has 0 bridgehead atoms. The summed E-state index contributed by atoms with van der Waals surface area (Å²) in [7, 11) is 0. The molecule has 0 radical (unpaired) electrons. The van der Waals surface area contributed by atoms with Crippen LogP contribution < -0.4 is 4.90 Å². The third-order valence-electron chi connectivity index (χ3n) is 3.48. The predicted molar refractivity (Wildman–Crippen MR) is 74.6 cm³/mol. The van der Waals surface area contributed by atoms with Gasteiger partial charge in [-0.3, -0.25) is 0 Å². The molecule has 1 atom stereocenters. The second-order valence-corrected chi connectivity index (χ2v) is 5.59. The van der Waals surface area contributed by atoms with Crippen LogP contribution in [-0.4, -0.2) is 23.5 Å². The third kappa shape index (κ3) is 3.50. The lowest BCUT2D eigenvalue weighted by Crippen LogP contribution is -2.37. The van der Waals surface area contributed by atoms with Gasteiger partial charge in [-0.1, -0.05) is 24.4 Å². The van der Waals surface area contributed by atoms with Gasteiger partial charge in [-0.2, -0.15) is 13.2 Å². The van der Waals surface area contributed by atoms with Gasteiger partial charge in [0.05, 0.1) is 10.6 Å². The first-order valence-electron chi connectivity index (χ1n) is 6.49. The molecule has 2 rings (SSSR count). The highest BCUT2D eigenvalue weighted by Crippen LogP contribution is 2.35. The van der Waals surface area contributed by atoms with Gasteiger partial charge in [0.25, 0.3) is 0 Å². The first kappa shape index (κ1) is 15.7. The molecule has 0 aromatic carbocycles. The predicted octanol–water partition coefficient (Wildman–Crippen LogP) is 4.74. The number of rotatable bonds is 2.